The summed E-state index contributed by atoms with van der Waals surface area (Å²) in [6.45, 7) is 6.34. The zero-order valence-electron chi connectivity index (χ0n) is 9.71. The molecule has 1 heterocycles. The van der Waals surface area contributed by atoms with Crippen LogP contribution in [0.5, 0.6) is 0 Å². The third-order valence-corrected chi connectivity index (χ3v) is 2.37. The van der Waals surface area contributed by atoms with E-state index in [2.05, 4.69) is 16.0 Å². The molecule has 1 rings (SSSR count). The van der Waals surface area contributed by atoms with Crippen LogP contribution in [0.4, 0.5) is 4.79 Å². The van der Waals surface area contributed by atoms with Crippen LogP contribution in [0.25, 0.3) is 0 Å². The van der Waals surface area contributed by atoms with Crippen molar-refractivity contribution in [3.05, 3.63) is 0 Å². The minimum atomic E-state index is -0.401. The molecule has 0 saturated carbocycles. The average Bonchev–Trinajstić information content (AvgIpc) is 2.27. The molecule has 0 aromatic rings. The molecule has 0 aromatic heterocycles. The highest BCUT2D eigenvalue weighted by Crippen LogP contribution is 1.90. The zero-order valence-corrected chi connectivity index (χ0v) is 9.71. The number of carbonyl (C=O) groups excluding carboxylic acids is 2. The van der Waals surface area contributed by atoms with Crippen LogP contribution in [0, 0.1) is 0 Å². The second kappa shape index (κ2) is 7.19. The number of rotatable bonds is 4. The summed E-state index contributed by atoms with van der Waals surface area (Å²) in [6, 6.07) is -0.401. The van der Waals surface area contributed by atoms with Gasteiger partial charge in [-0.2, -0.15) is 0 Å². The van der Waals surface area contributed by atoms with E-state index in [1.165, 1.54) is 0 Å². The van der Waals surface area contributed by atoms with E-state index >= 15 is 0 Å². The van der Waals surface area contributed by atoms with Crippen LogP contribution >= 0.6 is 0 Å². The molecular weight excluding hydrogens is 208 g/mol. The standard InChI is InChI=1S/C10H20N4O2/c1-2-3-12-10(16)13-9(15)8-14-6-4-11-5-7-14/h11H,2-8H2,1H3,(H2,12,13,15,16). The molecule has 0 aromatic carbocycles. The quantitative estimate of drug-likeness (QED) is 0.584. The molecule has 6 nitrogen and oxygen atoms in total. The number of urea groups is 1. The van der Waals surface area contributed by atoms with Gasteiger partial charge in [-0.05, 0) is 6.42 Å². The number of carbonyl (C=O) groups is 2. The first-order valence-electron chi connectivity index (χ1n) is 5.73. The van der Waals surface area contributed by atoms with Crippen molar-refractivity contribution in [3.63, 3.8) is 0 Å². The molecule has 1 aliphatic rings. The number of imide groups is 1. The third kappa shape index (κ3) is 5.09. The summed E-state index contributed by atoms with van der Waals surface area (Å²) in [5.41, 5.74) is 0. The highest BCUT2D eigenvalue weighted by Gasteiger charge is 2.14. The van der Waals surface area contributed by atoms with Gasteiger partial charge in [0.15, 0.2) is 0 Å². The Morgan fingerprint density at radius 3 is 2.62 bits per heavy atom. The Bertz CT molecular complexity index is 239. The SMILES string of the molecule is CCCNC(=O)NC(=O)CN1CCNCC1. The van der Waals surface area contributed by atoms with Crippen molar-refractivity contribution in [2.75, 3.05) is 39.3 Å². The molecule has 0 bridgehead atoms. The van der Waals surface area contributed by atoms with Crippen molar-refractivity contribution in [1.29, 1.82) is 0 Å². The minimum Gasteiger partial charge on any atom is -0.338 e. The fourth-order valence-electron chi connectivity index (χ4n) is 1.52. The lowest BCUT2D eigenvalue weighted by Crippen LogP contribution is -2.49. The van der Waals surface area contributed by atoms with Crippen molar-refractivity contribution in [2.45, 2.75) is 13.3 Å². The summed E-state index contributed by atoms with van der Waals surface area (Å²) < 4.78 is 0. The van der Waals surface area contributed by atoms with Gasteiger partial charge < -0.3 is 10.6 Å². The molecule has 1 fully saturated rings. The molecule has 0 atom stereocenters. The predicted molar refractivity (Wildman–Crippen MR) is 61.1 cm³/mol. The van der Waals surface area contributed by atoms with Crippen molar-refractivity contribution >= 4 is 11.9 Å². The van der Waals surface area contributed by atoms with Gasteiger partial charge in [0.2, 0.25) is 5.91 Å². The summed E-state index contributed by atoms with van der Waals surface area (Å²) in [7, 11) is 0. The van der Waals surface area contributed by atoms with Gasteiger partial charge in [0.05, 0.1) is 6.54 Å². The van der Waals surface area contributed by atoms with E-state index in [-0.39, 0.29) is 5.91 Å². The van der Waals surface area contributed by atoms with Crippen LogP contribution in [0.3, 0.4) is 0 Å². The highest BCUT2D eigenvalue weighted by atomic mass is 16.2. The maximum absolute atomic E-state index is 11.5. The summed E-state index contributed by atoms with van der Waals surface area (Å²) in [6.07, 6.45) is 0.861. The topological polar surface area (TPSA) is 73.5 Å². The number of amides is 3. The average molecular weight is 228 g/mol. The van der Waals surface area contributed by atoms with Crippen LogP contribution in [-0.2, 0) is 4.79 Å². The Hall–Kier alpha value is -1.14. The van der Waals surface area contributed by atoms with Crippen molar-refractivity contribution in [1.82, 2.24) is 20.9 Å². The van der Waals surface area contributed by atoms with Crippen molar-refractivity contribution in [2.24, 2.45) is 0 Å². The minimum absolute atomic E-state index is 0.240. The molecule has 0 spiro atoms. The van der Waals surface area contributed by atoms with Gasteiger partial charge in [0, 0.05) is 32.7 Å². The van der Waals surface area contributed by atoms with Gasteiger partial charge in [0.1, 0.15) is 0 Å². The Labute approximate surface area is 95.8 Å². The largest absolute Gasteiger partial charge is 0.338 e. The van der Waals surface area contributed by atoms with Gasteiger partial charge >= 0.3 is 6.03 Å². The molecule has 92 valence electrons. The molecule has 0 unspecified atom stereocenters. The van der Waals surface area contributed by atoms with E-state index < -0.39 is 6.03 Å². The van der Waals surface area contributed by atoms with Crippen molar-refractivity contribution in [3.8, 4) is 0 Å². The van der Waals surface area contributed by atoms with Crippen LogP contribution in [-0.4, -0.2) is 56.1 Å². The van der Waals surface area contributed by atoms with E-state index in [4.69, 9.17) is 0 Å². The van der Waals surface area contributed by atoms with Crippen LogP contribution in [0.1, 0.15) is 13.3 Å². The zero-order chi connectivity index (χ0) is 11.8. The molecule has 3 N–H and O–H groups in total. The normalized spacial score (nSPS) is 16.8. The smallest absolute Gasteiger partial charge is 0.321 e. The number of hydrogen-bond acceptors (Lipinski definition) is 4. The van der Waals surface area contributed by atoms with Gasteiger partial charge in [0.25, 0.3) is 0 Å². The first-order chi connectivity index (χ1) is 7.72. The first kappa shape index (κ1) is 12.9. The number of nitrogens with zero attached hydrogens (tertiary/aromatic N) is 1. The third-order valence-electron chi connectivity index (χ3n) is 2.37. The van der Waals surface area contributed by atoms with Crippen LogP contribution in [0.2, 0.25) is 0 Å². The molecule has 6 heteroatoms. The lowest BCUT2D eigenvalue weighted by molar-refractivity contribution is -0.121. The van der Waals surface area contributed by atoms with Gasteiger partial charge in [-0.25, -0.2) is 4.79 Å². The number of hydrogen-bond donors (Lipinski definition) is 3. The Morgan fingerprint density at radius 1 is 1.31 bits per heavy atom. The van der Waals surface area contributed by atoms with Gasteiger partial charge in [-0.3, -0.25) is 15.0 Å². The molecule has 3 amide bonds. The monoisotopic (exact) mass is 228 g/mol. The second-order valence-electron chi connectivity index (χ2n) is 3.83. The van der Waals surface area contributed by atoms with E-state index in [9.17, 15) is 9.59 Å². The molecular formula is C10H20N4O2. The lowest BCUT2D eigenvalue weighted by Gasteiger charge is -2.26. The fourth-order valence-corrected chi connectivity index (χ4v) is 1.52. The summed E-state index contributed by atoms with van der Waals surface area (Å²) in [5.74, 6) is -0.240. The summed E-state index contributed by atoms with van der Waals surface area (Å²) >= 11 is 0. The molecule has 1 saturated heterocycles. The van der Waals surface area contributed by atoms with Gasteiger partial charge in [-0.15, -0.1) is 0 Å². The number of piperazine rings is 1. The van der Waals surface area contributed by atoms with E-state index in [1.807, 2.05) is 11.8 Å². The molecule has 1 aliphatic heterocycles. The van der Waals surface area contributed by atoms with E-state index in [0.717, 1.165) is 32.6 Å². The summed E-state index contributed by atoms with van der Waals surface area (Å²) in [4.78, 5) is 24.7. The molecule has 16 heavy (non-hydrogen) atoms. The van der Waals surface area contributed by atoms with E-state index in [1.54, 1.807) is 0 Å². The summed E-state index contributed by atoms with van der Waals surface area (Å²) in [5, 5.41) is 8.11. The molecule has 0 radical (unpaired) electrons. The lowest BCUT2D eigenvalue weighted by atomic mass is 10.3. The second-order valence-corrected chi connectivity index (χ2v) is 3.83. The van der Waals surface area contributed by atoms with E-state index in [0.29, 0.717) is 13.1 Å². The first-order valence-corrected chi connectivity index (χ1v) is 5.73. The maximum atomic E-state index is 11.5. The van der Waals surface area contributed by atoms with Crippen molar-refractivity contribution < 1.29 is 9.59 Å². The van der Waals surface area contributed by atoms with Gasteiger partial charge in [-0.1, -0.05) is 6.92 Å². The maximum Gasteiger partial charge on any atom is 0.321 e. The predicted octanol–water partition coefficient (Wildman–Crippen LogP) is -0.873. The number of nitrogens with one attached hydrogen (secondary N) is 3. The van der Waals surface area contributed by atoms with Crippen LogP contribution < -0.4 is 16.0 Å². The fraction of sp³-hybridized carbons (Fsp3) is 0.800. The molecule has 0 aliphatic carbocycles. The highest BCUT2D eigenvalue weighted by molar-refractivity contribution is 5.95. The Morgan fingerprint density at radius 2 is 2.00 bits per heavy atom. The Balaban J connectivity index is 2.16. The van der Waals surface area contributed by atoms with Crippen LogP contribution in [0.15, 0.2) is 0 Å². The Kier molecular flexibility index (Phi) is 5.81.